The molecule has 0 aliphatic carbocycles. The van der Waals surface area contributed by atoms with Gasteiger partial charge in [-0.05, 0) is 44.3 Å². The molecule has 0 spiro atoms. The van der Waals surface area contributed by atoms with Gasteiger partial charge in [-0.2, -0.15) is 24.4 Å². The summed E-state index contributed by atoms with van der Waals surface area (Å²) in [4.78, 5) is 47.4. The average Bonchev–Trinajstić information content (AvgIpc) is 3.83. The summed E-state index contributed by atoms with van der Waals surface area (Å²) in [7, 11) is 0. The van der Waals surface area contributed by atoms with Crippen LogP contribution in [0.3, 0.4) is 0 Å². The van der Waals surface area contributed by atoms with E-state index in [2.05, 4.69) is 183 Å². The molecule has 105 heavy (non-hydrogen) atoms. The van der Waals surface area contributed by atoms with Gasteiger partial charge in [-0.1, -0.05) is 458 Å². The molecule has 0 aliphatic rings. The van der Waals surface area contributed by atoms with Gasteiger partial charge in [0, 0.05) is 0 Å². The van der Waals surface area contributed by atoms with Crippen LogP contribution in [-0.4, -0.2) is 54.9 Å². The number of unbranched alkanes of at least 4 members (excludes halogenated alkanes) is 64. The van der Waals surface area contributed by atoms with Crippen LogP contribution < -0.4 is 0 Å². The Hall–Kier alpha value is 1.17. The van der Waals surface area contributed by atoms with Gasteiger partial charge in [-0.25, -0.2) is 0 Å². The van der Waals surface area contributed by atoms with E-state index in [-0.39, 0.29) is 43.0 Å². The van der Waals surface area contributed by atoms with Crippen LogP contribution in [-0.2, 0) is 120 Å². The van der Waals surface area contributed by atoms with Crippen molar-refractivity contribution in [1.82, 2.24) is 0 Å². The van der Waals surface area contributed by atoms with Crippen LogP contribution in [0.5, 0.6) is 0 Å². The van der Waals surface area contributed by atoms with E-state index in [0.717, 1.165) is 32.1 Å². The maximum atomic E-state index is 4.88. The predicted molar refractivity (Wildman–Crippen MR) is 484 cm³/mol. The molecule has 0 saturated heterocycles. The molecule has 0 radical (unpaired) electrons. The molecular formula is C84H164MoO10S10. The summed E-state index contributed by atoms with van der Waals surface area (Å²) < 4.78 is 0.321. The first-order chi connectivity index (χ1) is 50.9. The normalized spacial score (nSPS) is 10.6. The number of hydrogen-bond donors (Lipinski definition) is 1. The van der Waals surface area contributed by atoms with Crippen LogP contribution >= 0.6 is 73.7 Å². The third-order valence-electron chi connectivity index (χ3n) is 18.3. The second kappa shape index (κ2) is 114. The van der Waals surface area contributed by atoms with Crippen LogP contribution in [0.1, 0.15) is 478 Å². The molecule has 0 saturated carbocycles. The maximum Gasteiger partial charge on any atom is 4.00 e. The summed E-state index contributed by atoms with van der Waals surface area (Å²) in [5.41, 5.74) is 0. The number of hydrogen-bond acceptors (Lipinski definition) is 19. The third-order valence-corrected chi connectivity index (χ3v) is 19.0. The first-order valence-electron chi connectivity index (χ1n) is 43.4. The van der Waals surface area contributed by atoms with E-state index in [1.165, 1.54) is 411 Å². The van der Waals surface area contributed by atoms with Crippen molar-refractivity contribution in [2.75, 3.05) is 33.0 Å². The topological polar surface area (TPSA) is 92.3 Å². The van der Waals surface area contributed by atoms with Gasteiger partial charge in [0.25, 0.3) is 4.38 Å². The zero-order valence-electron chi connectivity index (χ0n) is 68.4. The fourth-order valence-electron chi connectivity index (χ4n) is 12.1. The van der Waals surface area contributed by atoms with Crippen LogP contribution in [0.25, 0.3) is 0 Å². The van der Waals surface area contributed by atoms with Crippen molar-refractivity contribution in [3.63, 3.8) is 0 Å². The Morgan fingerprint density at radius 2 is 0.276 bits per heavy atom. The molecule has 0 aliphatic heterocycles. The summed E-state index contributed by atoms with van der Waals surface area (Å²) >= 11 is 45.0. The van der Waals surface area contributed by atoms with Crippen molar-refractivity contribution >= 4 is 146 Å². The molecule has 0 heterocycles. The van der Waals surface area contributed by atoms with E-state index in [0.29, 0.717) is 33.0 Å². The summed E-state index contributed by atoms with van der Waals surface area (Å²) in [6.45, 7) is 14.3. The summed E-state index contributed by atoms with van der Waals surface area (Å²) in [6.07, 6.45) is 93.6. The molecular weight excluding hydrogens is 1590 g/mol. The molecule has 0 bridgehead atoms. The van der Waals surface area contributed by atoms with Crippen molar-refractivity contribution in [3.05, 3.63) is 0 Å². The van der Waals surface area contributed by atoms with Crippen molar-refractivity contribution in [1.29, 1.82) is 0 Å². The quantitative estimate of drug-likeness (QED) is 0.0119. The summed E-state index contributed by atoms with van der Waals surface area (Å²) in [5.74, 6) is 0. The maximum absolute atomic E-state index is 4.88. The second-order valence-corrected chi connectivity index (χ2v) is 33.5. The second-order valence-electron chi connectivity index (χ2n) is 28.4. The Balaban J connectivity index is -0.000000291. The van der Waals surface area contributed by atoms with Crippen LogP contribution in [0, 0.1) is 0 Å². The fourth-order valence-corrected chi connectivity index (χ4v) is 12.5. The van der Waals surface area contributed by atoms with Crippen molar-refractivity contribution < 1.29 is 69.9 Å². The molecule has 626 valence electrons. The average molecular weight is 1750 g/mol. The Bertz CT molecular complexity index is 1460. The molecule has 0 rings (SSSR count). The van der Waals surface area contributed by atoms with E-state index in [1.54, 1.807) is 0 Å². The van der Waals surface area contributed by atoms with Crippen molar-refractivity contribution in [2.45, 2.75) is 478 Å². The van der Waals surface area contributed by atoms with E-state index in [1.807, 2.05) is 0 Å². The Morgan fingerprint density at radius 1 is 0.181 bits per heavy atom. The minimum Gasteiger partial charge on any atom is -0.387 e. The van der Waals surface area contributed by atoms with Gasteiger partial charge in [0.2, 0.25) is 0 Å². The number of thiol groups is 1. The monoisotopic (exact) mass is 1750 g/mol. The largest absolute Gasteiger partial charge is 4.00 e. The van der Waals surface area contributed by atoms with Gasteiger partial charge in [0.1, 0.15) is 0 Å². The Labute approximate surface area is 720 Å². The minimum atomic E-state index is 0. The van der Waals surface area contributed by atoms with Crippen LogP contribution in [0.15, 0.2) is 0 Å². The standard InChI is InChI=1S/4C17H34O2S2.C16H32O2S2.Mo/c4*1-2-3-4-5-6-7-8-9-10-11-12-13-14-15-16-18-19-17(20)21;1-2-3-4-5-6-7-8-9-10-11-12-13-14-15-17-18-16(19)20;/h4*2-16H2,1H3,(H,20,21);2-15H2,1H3,(H,19,20);/q;;;;;+4/p-4. The number of thiocarbonyl (C=S) groups is 5. The minimum absolute atomic E-state index is 0. The van der Waals surface area contributed by atoms with Gasteiger partial charge in [-0.15, -0.1) is 0 Å². The zero-order valence-corrected chi connectivity index (χ0v) is 78.7. The van der Waals surface area contributed by atoms with Gasteiger partial charge in [0.05, 0.1) is 50.6 Å². The van der Waals surface area contributed by atoms with E-state index < -0.39 is 0 Å². The zero-order chi connectivity index (χ0) is 77.3. The van der Waals surface area contributed by atoms with Gasteiger partial charge in [-0.3, -0.25) is 0 Å². The third kappa shape index (κ3) is 138. The summed E-state index contributed by atoms with van der Waals surface area (Å²) in [6, 6.07) is 0. The first kappa shape index (κ1) is 117. The smallest absolute Gasteiger partial charge is 0.387 e. The molecule has 0 aromatic rings. The fraction of sp³-hybridized carbons (Fsp3) is 0.940. The van der Waals surface area contributed by atoms with E-state index >= 15 is 0 Å². The van der Waals surface area contributed by atoms with Crippen LogP contribution in [0.4, 0.5) is 0 Å². The molecule has 0 amide bonds. The molecule has 0 N–H and O–H groups in total. The molecule has 10 nitrogen and oxygen atoms in total. The molecule has 0 aromatic heterocycles. The van der Waals surface area contributed by atoms with Gasteiger partial charge >= 0.3 is 21.1 Å². The molecule has 0 atom stereocenters. The van der Waals surface area contributed by atoms with E-state index in [4.69, 9.17) is 24.4 Å². The molecule has 0 fully saturated rings. The predicted octanol–water partition coefficient (Wildman–Crippen LogP) is 31.2. The van der Waals surface area contributed by atoms with Crippen LogP contribution in [0.2, 0.25) is 0 Å². The number of rotatable bonds is 79. The summed E-state index contributed by atoms with van der Waals surface area (Å²) in [5, 5.41) is 0. The molecule has 0 unspecified atom stereocenters. The Kier molecular flexibility index (Phi) is 127. The van der Waals surface area contributed by atoms with Crippen molar-refractivity contribution in [2.24, 2.45) is 0 Å². The van der Waals surface area contributed by atoms with Crippen molar-refractivity contribution in [3.8, 4) is 0 Å². The van der Waals surface area contributed by atoms with Gasteiger partial charge in [0.15, 0.2) is 0 Å². The molecule has 0 aromatic carbocycles. The van der Waals surface area contributed by atoms with Gasteiger partial charge < -0.3 is 124 Å². The Morgan fingerprint density at radius 3 is 0.371 bits per heavy atom. The van der Waals surface area contributed by atoms with E-state index in [9.17, 15) is 0 Å². The molecule has 21 heteroatoms. The SMILES string of the molecule is CCCCCCCCCCCCCCCCOOC(=S)[S-].CCCCCCCCCCCCCCCCOOC(=S)[S-].CCCCCCCCCCCCCCCCOOC(=S)[S-].CCCCCCCCCCCCCCCCOOC(=S)[S-].CCCCCCCCCCCCCCCOOC(=S)S.[Mo+4]. The first-order valence-corrected chi connectivity index (χ1v) is 47.5.